The highest BCUT2D eigenvalue weighted by atomic mass is 16.6. The third-order valence-corrected chi connectivity index (χ3v) is 17.5. The highest BCUT2D eigenvalue weighted by Crippen LogP contribution is 2.68. The first-order chi connectivity index (χ1) is 29.7. The number of pyridine rings is 2. The Balaban J connectivity index is 0.757. The minimum absolute atomic E-state index is 0.0258. The number of benzene rings is 1. The monoisotopic (exact) mass is 850 g/mol. The number of cyclic esters (lactones) is 1. The standard InChI is InChI=1S/C50H66N4O8/c1-5-50(37-25-40-44-30(22-29-10-6-7-12-39(29)53-44)26-54(40)45(58)33(37)27-61-47(50)60)62-46(59)38(51)11-8-9-21-52-42(57)16-13-28(2)34-14-15-35-43-36(18-20-49(34,35)4)48(3)19-17-32(55)23-31(48)24-41(43)56/h6-7,10,12,22,25,28,31-32,34-36,38,41,43,55-56H,5,8-9,11,13-21,23-24,26-27,51H2,1-4H3,(H,52,57)/t28-,31?,32-,34?,35?,36?,38?,41-,43?,48+,49-,50+/m1/s1. The van der Waals surface area contributed by atoms with E-state index in [1.807, 2.05) is 30.3 Å². The van der Waals surface area contributed by atoms with Crippen LogP contribution in [0.3, 0.4) is 0 Å². The second kappa shape index (κ2) is 16.5. The predicted molar refractivity (Wildman–Crippen MR) is 234 cm³/mol. The average molecular weight is 851 g/mol. The molecule has 4 aliphatic carbocycles. The maximum atomic E-state index is 13.9. The van der Waals surface area contributed by atoms with Gasteiger partial charge in [-0.1, -0.05) is 45.9 Å². The maximum absolute atomic E-state index is 13.9. The van der Waals surface area contributed by atoms with Gasteiger partial charge >= 0.3 is 11.9 Å². The Hall–Kier alpha value is -4.13. The number of ether oxygens (including phenoxy) is 2. The molecule has 2 aromatic heterocycles. The summed E-state index contributed by atoms with van der Waals surface area (Å²) in [6, 6.07) is 10.5. The van der Waals surface area contributed by atoms with Crippen LogP contribution in [-0.4, -0.2) is 62.4 Å². The Bertz CT molecular complexity index is 2310. The molecule has 6 aliphatic rings. The average Bonchev–Trinajstić information content (AvgIpc) is 3.80. The normalized spacial score (nSPS) is 34.1. The summed E-state index contributed by atoms with van der Waals surface area (Å²) in [5.74, 6) is 1.25. The highest BCUT2D eigenvalue weighted by molar-refractivity contribution is 5.89. The molecule has 12 nitrogen and oxygen atoms in total. The SMILES string of the molecule is CC[C@@]1(OC(=O)C(N)CCCCNC(=O)CC[C@@H](C)C2CCC3C4C(CC[C@@]32C)[C@@]2(C)CC[C@@H](O)CC2C[C@H]4O)C(=O)OCc2c1cc1n(c2=O)Cc2cc3ccccc3nc2-1. The van der Waals surface area contributed by atoms with Gasteiger partial charge in [-0.15, -0.1) is 0 Å². The number of carbonyl (C=O) groups excluding carboxylic acids is 3. The van der Waals surface area contributed by atoms with E-state index in [0.29, 0.717) is 91.2 Å². The van der Waals surface area contributed by atoms with Gasteiger partial charge in [-0.25, -0.2) is 9.78 Å². The third kappa shape index (κ3) is 7.10. The molecular formula is C50H66N4O8. The van der Waals surface area contributed by atoms with E-state index in [1.54, 1.807) is 17.6 Å². The van der Waals surface area contributed by atoms with Crippen molar-refractivity contribution in [2.75, 3.05) is 6.54 Å². The van der Waals surface area contributed by atoms with Crippen LogP contribution < -0.4 is 16.6 Å². The summed E-state index contributed by atoms with van der Waals surface area (Å²) < 4.78 is 13.1. The number of nitrogens with two attached hydrogens (primary N) is 1. The summed E-state index contributed by atoms with van der Waals surface area (Å²) in [6.07, 6.45) is 10.5. The molecule has 0 saturated heterocycles. The number of amides is 1. The number of aliphatic hydroxyl groups excluding tert-OH is 2. The van der Waals surface area contributed by atoms with Gasteiger partial charge in [-0.05, 0) is 148 Å². The molecule has 0 bridgehead atoms. The molecule has 0 spiro atoms. The number of para-hydroxylation sites is 1. The Morgan fingerprint density at radius 2 is 1.79 bits per heavy atom. The first-order valence-electron chi connectivity index (χ1n) is 23.6. The first kappa shape index (κ1) is 43.1. The van der Waals surface area contributed by atoms with Gasteiger partial charge in [0.25, 0.3) is 5.56 Å². The van der Waals surface area contributed by atoms with Crippen LogP contribution in [0.4, 0.5) is 0 Å². The smallest absolute Gasteiger partial charge is 0.355 e. The topological polar surface area (TPSA) is 183 Å². The van der Waals surface area contributed by atoms with E-state index in [2.05, 4.69) is 26.1 Å². The molecular weight excluding hydrogens is 785 g/mol. The lowest BCUT2D eigenvalue weighted by Gasteiger charge is -2.62. The lowest BCUT2D eigenvalue weighted by atomic mass is 9.43. The minimum Gasteiger partial charge on any atom is -0.457 e. The molecule has 4 saturated carbocycles. The number of fused-ring (bicyclic) bond motifs is 10. The zero-order chi connectivity index (χ0) is 43.7. The van der Waals surface area contributed by atoms with Crippen molar-refractivity contribution in [3.05, 3.63) is 63.4 Å². The van der Waals surface area contributed by atoms with Gasteiger partial charge in [0.05, 0.1) is 41.2 Å². The summed E-state index contributed by atoms with van der Waals surface area (Å²) >= 11 is 0. The number of rotatable bonds is 12. The van der Waals surface area contributed by atoms with Crippen molar-refractivity contribution in [3.63, 3.8) is 0 Å². The minimum atomic E-state index is -1.82. The van der Waals surface area contributed by atoms with Crippen molar-refractivity contribution >= 4 is 28.7 Å². The van der Waals surface area contributed by atoms with Crippen LogP contribution in [0.1, 0.15) is 134 Å². The van der Waals surface area contributed by atoms with E-state index in [9.17, 15) is 29.4 Å². The van der Waals surface area contributed by atoms with Gasteiger partial charge in [0, 0.05) is 29.5 Å². The summed E-state index contributed by atoms with van der Waals surface area (Å²) in [5, 5.41) is 26.1. The number of nitrogens with zero attached hydrogens (tertiary/aromatic N) is 2. The van der Waals surface area contributed by atoms with E-state index in [4.69, 9.17) is 20.2 Å². The van der Waals surface area contributed by atoms with Gasteiger partial charge in [0.2, 0.25) is 11.5 Å². The number of nitrogens with one attached hydrogen (secondary N) is 1. The fourth-order valence-electron chi connectivity index (χ4n) is 14.0. The Morgan fingerprint density at radius 1 is 1.02 bits per heavy atom. The number of hydrogen-bond acceptors (Lipinski definition) is 10. The van der Waals surface area contributed by atoms with Crippen molar-refractivity contribution in [1.29, 1.82) is 0 Å². The van der Waals surface area contributed by atoms with Crippen LogP contribution in [0.5, 0.6) is 0 Å². The summed E-state index contributed by atoms with van der Waals surface area (Å²) in [6.45, 7) is 9.56. The summed E-state index contributed by atoms with van der Waals surface area (Å²) in [4.78, 5) is 58.9. The van der Waals surface area contributed by atoms with Crippen LogP contribution >= 0.6 is 0 Å². The quantitative estimate of drug-likeness (QED) is 0.0890. The molecule has 12 atom stereocenters. The zero-order valence-electron chi connectivity index (χ0n) is 37.0. The van der Waals surface area contributed by atoms with Crippen molar-refractivity contribution in [2.24, 2.45) is 52.1 Å². The van der Waals surface area contributed by atoms with Crippen LogP contribution in [0.25, 0.3) is 22.3 Å². The Kier molecular flexibility index (Phi) is 11.4. The lowest BCUT2D eigenvalue weighted by molar-refractivity contribution is -0.190. The van der Waals surface area contributed by atoms with Crippen LogP contribution in [0, 0.1) is 46.3 Å². The number of aliphatic hydroxyl groups is 2. The van der Waals surface area contributed by atoms with Crippen LogP contribution in [0.15, 0.2) is 41.2 Å². The van der Waals surface area contributed by atoms with E-state index >= 15 is 0 Å². The van der Waals surface area contributed by atoms with Gasteiger partial charge in [0.15, 0.2) is 0 Å². The third-order valence-electron chi connectivity index (χ3n) is 17.5. The fourth-order valence-corrected chi connectivity index (χ4v) is 14.0. The molecule has 334 valence electrons. The fraction of sp³-hybridized carbons (Fsp3) is 0.660. The summed E-state index contributed by atoms with van der Waals surface area (Å²) in [7, 11) is 0. The molecule has 6 unspecified atom stereocenters. The highest BCUT2D eigenvalue weighted by Gasteiger charge is 2.63. The second-order valence-corrected chi connectivity index (χ2v) is 20.6. The van der Waals surface area contributed by atoms with E-state index in [0.717, 1.165) is 67.8 Å². The molecule has 62 heavy (non-hydrogen) atoms. The van der Waals surface area contributed by atoms with Crippen molar-refractivity contribution in [1.82, 2.24) is 14.9 Å². The molecule has 9 rings (SSSR count). The zero-order valence-corrected chi connectivity index (χ0v) is 37.0. The van der Waals surface area contributed by atoms with Gasteiger partial charge in [-0.2, -0.15) is 0 Å². The van der Waals surface area contributed by atoms with Crippen molar-refractivity contribution in [3.8, 4) is 11.4 Å². The van der Waals surface area contributed by atoms with Crippen LogP contribution in [-0.2, 0) is 42.6 Å². The van der Waals surface area contributed by atoms with E-state index in [1.165, 1.54) is 6.42 Å². The molecule has 12 heteroatoms. The Labute approximate surface area is 364 Å². The molecule has 1 aromatic carbocycles. The molecule has 5 N–H and O–H groups in total. The van der Waals surface area contributed by atoms with Crippen LogP contribution in [0.2, 0.25) is 0 Å². The van der Waals surface area contributed by atoms with E-state index in [-0.39, 0.29) is 53.1 Å². The number of carbonyl (C=O) groups is 3. The van der Waals surface area contributed by atoms with Gasteiger partial charge in [0.1, 0.15) is 12.6 Å². The van der Waals surface area contributed by atoms with Gasteiger partial charge in [-0.3, -0.25) is 14.4 Å². The molecule has 4 fully saturated rings. The largest absolute Gasteiger partial charge is 0.457 e. The van der Waals surface area contributed by atoms with E-state index < -0.39 is 23.6 Å². The predicted octanol–water partition coefficient (Wildman–Crippen LogP) is 6.65. The molecule has 0 radical (unpaired) electrons. The van der Waals surface area contributed by atoms with Crippen molar-refractivity contribution < 1.29 is 34.1 Å². The molecule has 1 amide bonds. The number of unbranched alkanes of at least 4 members (excludes halogenated alkanes) is 1. The number of aromatic nitrogens is 2. The second-order valence-electron chi connectivity index (χ2n) is 20.6. The molecule has 2 aliphatic heterocycles. The van der Waals surface area contributed by atoms with Gasteiger partial charge < -0.3 is 35.3 Å². The number of hydrogen-bond donors (Lipinski definition) is 4. The molecule has 3 aromatic rings. The first-order valence-corrected chi connectivity index (χ1v) is 23.6. The maximum Gasteiger partial charge on any atom is 0.355 e. The lowest BCUT2D eigenvalue weighted by Crippen LogP contribution is -2.58. The Morgan fingerprint density at radius 3 is 2.60 bits per heavy atom. The molecule has 4 heterocycles. The summed E-state index contributed by atoms with van der Waals surface area (Å²) in [5.41, 5.74) is 8.13. The van der Waals surface area contributed by atoms with Crippen molar-refractivity contribution in [2.45, 2.75) is 155 Å². The number of esters is 2.